The number of halogens is 3. The van der Waals surface area contributed by atoms with Gasteiger partial charge in [0.05, 0.1) is 5.56 Å². The van der Waals surface area contributed by atoms with Gasteiger partial charge in [0.15, 0.2) is 0 Å². The van der Waals surface area contributed by atoms with Crippen LogP contribution in [-0.4, -0.2) is 0 Å². The lowest BCUT2D eigenvalue weighted by Gasteiger charge is -2.06. The van der Waals surface area contributed by atoms with Crippen LogP contribution in [0.15, 0.2) is 30.8 Å². The first kappa shape index (κ1) is 10.2. The second-order valence-electron chi connectivity index (χ2n) is 2.52. The van der Waals surface area contributed by atoms with Gasteiger partial charge in [-0.25, -0.2) is 0 Å². The van der Waals surface area contributed by atoms with Crippen molar-refractivity contribution in [2.24, 2.45) is 0 Å². The number of hydrogen-bond donors (Lipinski definition) is 1. The van der Waals surface area contributed by atoms with Gasteiger partial charge in [0.2, 0.25) is 0 Å². The summed E-state index contributed by atoms with van der Waals surface area (Å²) in [5.41, 5.74) is -0.0674. The zero-order valence-corrected chi connectivity index (χ0v) is 7.49. The van der Waals surface area contributed by atoms with Crippen molar-refractivity contribution in [3.05, 3.63) is 42.0 Å². The van der Waals surface area contributed by atoms with Crippen molar-refractivity contribution in [3.8, 4) is 0 Å². The number of benzene rings is 1. The Morgan fingerprint density at radius 2 is 1.62 bits per heavy atom. The molecular weight excluding hydrogens is 197 g/mol. The minimum absolute atomic E-state index is 0.453. The molecule has 0 aliphatic heterocycles. The van der Waals surface area contributed by atoms with Gasteiger partial charge in [-0.05, 0) is 17.7 Å². The fourth-order valence-corrected chi connectivity index (χ4v) is 1.00. The van der Waals surface area contributed by atoms with Crippen LogP contribution >= 0.6 is 12.6 Å². The van der Waals surface area contributed by atoms with Crippen LogP contribution in [-0.2, 0) is 6.18 Å². The molecular formula is C9H7F3S. The molecule has 0 amide bonds. The molecule has 0 bridgehead atoms. The van der Waals surface area contributed by atoms with Crippen LogP contribution in [0.25, 0.3) is 4.91 Å². The van der Waals surface area contributed by atoms with Crippen molar-refractivity contribution in [2.75, 3.05) is 0 Å². The van der Waals surface area contributed by atoms with Gasteiger partial charge < -0.3 is 0 Å². The Morgan fingerprint density at radius 3 is 1.92 bits per heavy atom. The molecule has 0 saturated carbocycles. The summed E-state index contributed by atoms with van der Waals surface area (Å²) >= 11 is 3.92. The minimum atomic E-state index is -4.28. The van der Waals surface area contributed by atoms with Crippen LogP contribution < -0.4 is 0 Å². The van der Waals surface area contributed by atoms with Gasteiger partial charge in [-0.15, -0.1) is 12.6 Å². The van der Waals surface area contributed by atoms with Gasteiger partial charge >= 0.3 is 6.18 Å². The smallest absolute Gasteiger partial charge is 0.166 e. The number of thiol groups is 1. The van der Waals surface area contributed by atoms with Crippen molar-refractivity contribution >= 4 is 17.5 Å². The fraction of sp³-hybridized carbons (Fsp3) is 0.111. The zero-order valence-electron chi connectivity index (χ0n) is 6.60. The molecule has 4 heteroatoms. The third-order valence-corrected chi connectivity index (χ3v) is 1.80. The maximum Gasteiger partial charge on any atom is 0.416 e. The molecule has 0 fully saturated rings. The average molecular weight is 204 g/mol. The van der Waals surface area contributed by atoms with E-state index in [9.17, 15) is 13.2 Å². The summed E-state index contributed by atoms with van der Waals surface area (Å²) in [4.78, 5) is 0.453. The van der Waals surface area contributed by atoms with Crippen LogP contribution in [0.3, 0.4) is 0 Å². The maximum absolute atomic E-state index is 12.1. The van der Waals surface area contributed by atoms with Gasteiger partial charge in [0, 0.05) is 4.91 Å². The summed E-state index contributed by atoms with van der Waals surface area (Å²) < 4.78 is 36.2. The molecule has 0 unspecified atom stereocenters. The molecule has 0 atom stereocenters. The van der Waals surface area contributed by atoms with E-state index in [0.29, 0.717) is 10.5 Å². The maximum atomic E-state index is 12.1. The predicted octanol–water partition coefficient (Wildman–Crippen LogP) is 3.61. The highest BCUT2D eigenvalue weighted by Crippen LogP contribution is 2.30. The van der Waals surface area contributed by atoms with Crippen molar-refractivity contribution < 1.29 is 13.2 Å². The average Bonchev–Trinajstić information content (AvgIpc) is 2.03. The fourth-order valence-electron chi connectivity index (χ4n) is 0.852. The predicted molar refractivity (Wildman–Crippen MR) is 49.5 cm³/mol. The molecule has 1 aromatic carbocycles. The third-order valence-electron chi connectivity index (χ3n) is 1.55. The Morgan fingerprint density at radius 1 is 1.15 bits per heavy atom. The monoisotopic (exact) mass is 204 g/mol. The lowest BCUT2D eigenvalue weighted by molar-refractivity contribution is -0.137. The molecule has 0 spiro atoms. The molecule has 0 heterocycles. The van der Waals surface area contributed by atoms with E-state index < -0.39 is 11.7 Å². The molecule has 0 nitrogen and oxygen atoms in total. The third kappa shape index (κ3) is 2.52. The molecule has 0 N–H and O–H groups in total. The molecule has 0 aromatic heterocycles. The summed E-state index contributed by atoms with van der Waals surface area (Å²) in [6.07, 6.45) is -4.28. The molecule has 13 heavy (non-hydrogen) atoms. The molecule has 0 aliphatic carbocycles. The quantitative estimate of drug-likeness (QED) is 0.664. The Kier molecular flexibility index (Phi) is 2.71. The second-order valence-corrected chi connectivity index (χ2v) is 3.06. The zero-order chi connectivity index (χ0) is 10.1. The lowest BCUT2D eigenvalue weighted by Crippen LogP contribution is -2.04. The number of hydrogen-bond acceptors (Lipinski definition) is 1. The molecule has 1 aromatic rings. The Balaban J connectivity index is 3.01. The second kappa shape index (κ2) is 3.46. The Hall–Kier alpha value is -0.900. The van der Waals surface area contributed by atoms with Gasteiger partial charge in [0.25, 0.3) is 0 Å². The first-order chi connectivity index (χ1) is 5.91. The highest BCUT2D eigenvalue weighted by atomic mass is 32.1. The summed E-state index contributed by atoms with van der Waals surface area (Å²) in [6.45, 7) is 3.50. The first-order valence-electron chi connectivity index (χ1n) is 3.47. The summed E-state index contributed by atoms with van der Waals surface area (Å²) in [6, 6.07) is 4.71. The van der Waals surface area contributed by atoms with E-state index in [1.807, 2.05) is 0 Å². The number of alkyl halides is 3. The van der Waals surface area contributed by atoms with Crippen LogP contribution in [0.5, 0.6) is 0 Å². The van der Waals surface area contributed by atoms with Crippen LogP contribution in [0.1, 0.15) is 11.1 Å². The number of rotatable bonds is 1. The summed E-state index contributed by atoms with van der Waals surface area (Å²) in [5.74, 6) is 0. The van der Waals surface area contributed by atoms with Gasteiger partial charge in [0.1, 0.15) is 0 Å². The van der Waals surface area contributed by atoms with E-state index in [4.69, 9.17) is 0 Å². The van der Waals surface area contributed by atoms with Crippen molar-refractivity contribution in [1.29, 1.82) is 0 Å². The van der Waals surface area contributed by atoms with E-state index in [1.54, 1.807) is 0 Å². The summed E-state index contributed by atoms with van der Waals surface area (Å²) in [7, 11) is 0. The highest BCUT2D eigenvalue weighted by Gasteiger charge is 2.29. The van der Waals surface area contributed by atoms with Crippen molar-refractivity contribution in [3.63, 3.8) is 0 Å². The largest absolute Gasteiger partial charge is 0.416 e. The Labute approximate surface area is 79.5 Å². The van der Waals surface area contributed by atoms with E-state index in [-0.39, 0.29) is 0 Å². The lowest BCUT2D eigenvalue weighted by atomic mass is 10.1. The van der Waals surface area contributed by atoms with Gasteiger partial charge in [-0.1, -0.05) is 18.7 Å². The standard InChI is InChI=1S/C9H7F3S/c1-6(13)7-2-4-8(5-3-7)9(10,11)12/h2-5,13H,1H2. The first-order valence-corrected chi connectivity index (χ1v) is 3.91. The van der Waals surface area contributed by atoms with Gasteiger partial charge in [-0.2, -0.15) is 13.2 Å². The van der Waals surface area contributed by atoms with E-state index in [2.05, 4.69) is 19.2 Å². The molecule has 0 radical (unpaired) electrons. The SMILES string of the molecule is C=C(S)c1ccc(C(F)(F)F)cc1. The topological polar surface area (TPSA) is 0 Å². The molecule has 1 rings (SSSR count). The van der Waals surface area contributed by atoms with Crippen LogP contribution in [0, 0.1) is 0 Å². The molecule has 0 saturated heterocycles. The minimum Gasteiger partial charge on any atom is -0.166 e. The molecule has 70 valence electrons. The molecule has 0 aliphatic rings. The van der Waals surface area contributed by atoms with Crippen molar-refractivity contribution in [1.82, 2.24) is 0 Å². The highest BCUT2D eigenvalue weighted by molar-refractivity contribution is 7.90. The van der Waals surface area contributed by atoms with Gasteiger partial charge in [-0.3, -0.25) is 0 Å². The van der Waals surface area contributed by atoms with Crippen LogP contribution in [0.4, 0.5) is 13.2 Å². The van der Waals surface area contributed by atoms with E-state index in [0.717, 1.165) is 12.1 Å². The van der Waals surface area contributed by atoms with E-state index >= 15 is 0 Å². The van der Waals surface area contributed by atoms with Crippen LogP contribution in [0.2, 0.25) is 0 Å². The Bertz CT molecular complexity index is 311. The van der Waals surface area contributed by atoms with E-state index in [1.165, 1.54) is 12.1 Å². The summed E-state index contributed by atoms with van der Waals surface area (Å²) in [5, 5.41) is 0. The normalized spacial score (nSPS) is 11.4. The van der Waals surface area contributed by atoms with Crippen molar-refractivity contribution in [2.45, 2.75) is 6.18 Å².